The van der Waals surface area contributed by atoms with Crippen LogP contribution in [-0.2, 0) is 9.53 Å². The smallest absolute Gasteiger partial charge is 0.328 e. The monoisotopic (exact) mass is 147 g/mol. The first-order valence-electron chi connectivity index (χ1n) is 2.98. The molecule has 0 aliphatic heterocycles. The lowest BCUT2D eigenvalue weighted by Gasteiger charge is -2.23. The summed E-state index contributed by atoms with van der Waals surface area (Å²) in [5.41, 5.74) is 4.09. The van der Waals surface area contributed by atoms with Crippen LogP contribution >= 0.6 is 0 Å². The molecule has 0 aliphatic rings. The number of rotatable bonds is 2. The fourth-order valence-electron chi connectivity index (χ4n) is 0.390. The third kappa shape index (κ3) is 1.68. The van der Waals surface area contributed by atoms with Gasteiger partial charge in [-0.25, -0.2) is 4.79 Å². The minimum Gasteiger partial charge on any atom is -0.468 e. The Kier molecular flexibility index (Phi) is 2.80. The lowest BCUT2D eigenvalue weighted by molar-refractivity contribution is -0.150. The summed E-state index contributed by atoms with van der Waals surface area (Å²) < 4.78 is 4.35. The van der Waals surface area contributed by atoms with Crippen LogP contribution in [0.4, 0.5) is 0 Å². The van der Waals surface area contributed by atoms with E-state index in [9.17, 15) is 4.79 Å². The van der Waals surface area contributed by atoms with Crippen LogP contribution in [0.1, 0.15) is 13.8 Å². The van der Waals surface area contributed by atoms with Crippen LogP contribution in [0.2, 0.25) is 0 Å². The molecule has 0 amide bonds. The third-order valence-electron chi connectivity index (χ3n) is 1.49. The van der Waals surface area contributed by atoms with E-state index in [0.717, 1.165) is 0 Å². The number of carbonyl (C=O) groups is 1. The first-order valence-corrected chi connectivity index (χ1v) is 2.98. The number of nitrogens with two attached hydrogens (primary N) is 1. The van der Waals surface area contributed by atoms with Crippen LogP contribution < -0.4 is 5.73 Å². The fraction of sp³-hybridized carbons (Fsp3) is 0.833. The number of ether oxygens (including phenoxy) is 1. The maximum atomic E-state index is 10.8. The second-order valence-electron chi connectivity index (χ2n) is 2.45. The molecular weight excluding hydrogens is 134 g/mol. The van der Waals surface area contributed by atoms with E-state index < -0.39 is 17.6 Å². The van der Waals surface area contributed by atoms with Gasteiger partial charge in [0.1, 0.15) is 5.54 Å². The molecule has 0 aromatic heterocycles. The van der Waals surface area contributed by atoms with E-state index in [4.69, 9.17) is 10.8 Å². The molecule has 0 spiro atoms. The van der Waals surface area contributed by atoms with Gasteiger partial charge in [0.2, 0.25) is 0 Å². The molecule has 4 nitrogen and oxygen atoms in total. The van der Waals surface area contributed by atoms with Gasteiger partial charge in [-0.2, -0.15) is 0 Å². The van der Waals surface area contributed by atoms with Gasteiger partial charge < -0.3 is 15.6 Å². The van der Waals surface area contributed by atoms with Gasteiger partial charge in [0.15, 0.2) is 0 Å². The van der Waals surface area contributed by atoms with E-state index in [-0.39, 0.29) is 0 Å². The Morgan fingerprint density at radius 3 is 2.30 bits per heavy atom. The Hall–Kier alpha value is -0.610. The molecule has 0 aromatic carbocycles. The Balaban J connectivity index is 4.24. The highest BCUT2D eigenvalue weighted by atomic mass is 16.5. The van der Waals surface area contributed by atoms with E-state index >= 15 is 0 Å². The Morgan fingerprint density at radius 1 is 1.80 bits per heavy atom. The van der Waals surface area contributed by atoms with Crippen molar-refractivity contribution in [3.05, 3.63) is 0 Å². The minimum atomic E-state index is -1.30. The van der Waals surface area contributed by atoms with Crippen LogP contribution in [0.3, 0.4) is 0 Å². The minimum absolute atomic E-state index is 0.609. The average Bonchev–Trinajstić information content (AvgIpc) is 1.86. The van der Waals surface area contributed by atoms with Gasteiger partial charge in [0, 0.05) is 0 Å². The van der Waals surface area contributed by atoms with Gasteiger partial charge in [-0.15, -0.1) is 0 Å². The molecule has 10 heavy (non-hydrogen) atoms. The van der Waals surface area contributed by atoms with Crippen LogP contribution in [0, 0.1) is 0 Å². The molecule has 60 valence electrons. The molecule has 3 N–H and O–H groups in total. The summed E-state index contributed by atoms with van der Waals surface area (Å²) in [5, 5.41) is 8.96. The van der Waals surface area contributed by atoms with E-state index in [1.54, 1.807) is 0 Å². The lowest BCUT2D eigenvalue weighted by Crippen LogP contribution is -2.54. The summed E-state index contributed by atoms with van der Waals surface area (Å²) in [5.74, 6) is -0.609. The maximum absolute atomic E-state index is 10.8. The number of esters is 1. The van der Waals surface area contributed by atoms with Gasteiger partial charge in [-0.05, 0) is 13.8 Å². The molecule has 2 atom stereocenters. The van der Waals surface area contributed by atoms with Crippen molar-refractivity contribution < 1.29 is 14.6 Å². The van der Waals surface area contributed by atoms with Crippen LogP contribution in [0.25, 0.3) is 0 Å². The average molecular weight is 147 g/mol. The third-order valence-corrected chi connectivity index (χ3v) is 1.49. The first kappa shape index (κ1) is 9.39. The van der Waals surface area contributed by atoms with Gasteiger partial charge in [-0.3, -0.25) is 0 Å². The van der Waals surface area contributed by atoms with Crippen LogP contribution in [-0.4, -0.2) is 29.8 Å². The molecule has 0 saturated carbocycles. The number of hydrogen-bond donors (Lipinski definition) is 2. The zero-order chi connectivity index (χ0) is 8.36. The van der Waals surface area contributed by atoms with Crippen molar-refractivity contribution in [1.82, 2.24) is 0 Å². The molecule has 0 aromatic rings. The number of aliphatic hydroxyl groups excluding tert-OH is 1. The summed E-state index contributed by atoms with van der Waals surface area (Å²) >= 11 is 0. The van der Waals surface area contributed by atoms with Crippen molar-refractivity contribution in [3.63, 3.8) is 0 Å². The maximum Gasteiger partial charge on any atom is 0.328 e. The van der Waals surface area contributed by atoms with Crippen molar-refractivity contribution in [2.75, 3.05) is 7.11 Å². The molecule has 0 unspecified atom stereocenters. The Labute approximate surface area is 60.0 Å². The largest absolute Gasteiger partial charge is 0.468 e. The summed E-state index contributed by atoms with van der Waals surface area (Å²) in [6.07, 6.45) is -0.903. The lowest BCUT2D eigenvalue weighted by atomic mass is 9.98. The molecule has 0 heterocycles. The Morgan fingerprint density at radius 2 is 2.20 bits per heavy atom. The normalized spacial score (nSPS) is 19.3. The molecule has 0 aliphatic carbocycles. The molecule has 0 bridgehead atoms. The second-order valence-corrected chi connectivity index (χ2v) is 2.45. The van der Waals surface area contributed by atoms with Crippen molar-refractivity contribution in [2.24, 2.45) is 5.73 Å². The summed E-state index contributed by atoms with van der Waals surface area (Å²) in [6.45, 7) is 2.86. The van der Waals surface area contributed by atoms with Gasteiger partial charge in [0.05, 0.1) is 13.2 Å². The van der Waals surface area contributed by atoms with Crippen LogP contribution in [0.5, 0.6) is 0 Å². The number of carbonyl (C=O) groups excluding carboxylic acids is 1. The first-order chi connectivity index (χ1) is 4.42. The second kappa shape index (κ2) is 2.98. The number of hydrogen-bond acceptors (Lipinski definition) is 4. The molecule has 0 radical (unpaired) electrons. The van der Waals surface area contributed by atoms with E-state index in [1.807, 2.05) is 0 Å². The zero-order valence-corrected chi connectivity index (χ0v) is 6.42. The highest BCUT2D eigenvalue weighted by Crippen LogP contribution is 2.06. The predicted molar refractivity (Wildman–Crippen MR) is 36.3 cm³/mol. The van der Waals surface area contributed by atoms with Crippen molar-refractivity contribution in [2.45, 2.75) is 25.5 Å². The fourth-order valence-corrected chi connectivity index (χ4v) is 0.390. The van der Waals surface area contributed by atoms with E-state index in [1.165, 1.54) is 21.0 Å². The molecule has 0 saturated heterocycles. The summed E-state index contributed by atoms with van der Waals surface area (Å²) in [7, 11) is 1.23. The molecular formula is C6H13NO3. The highest BCUT2D eigenvalue weighted by Gasteiger charge is 2.34. The topological polar surface area (TPSA) is 72.5 Å². The van der Waals surface area contributed by atoms with E-state index in [2.05, 4.69) is 4.74 Å². The molecule has 0 rings (SSSR count). The summed E-state index contributed by atoms with van der Waals surface area (Å²) in [6, 6.07) is 0. The highest BCUT2D eigenvalue weighted by molar-refractivity contribution is 5.80. The number of aliphatic hydroxyl groups is 1. The van der Waals surface area contributed by atoms with Crippen molar-refractivity contribution >= 4 is 5.97 Å². The standard InChI is InChI=1S/C6H13NO3/c1-4(8)6(2,7)5(9)10-3/h4,8H,7H2,1-3H3/t4-,6-/m1/s1. The van der Waals surface area contributed by atoms with Crippen molar-refractivity contribution in [1.29, 1.82) is 0 Å². The molecule has 0 fully saturated rings. The van der Waals surface area contributed by atoms with E-state index in [0.29, 0.717) is 0 Å². The SMILES string of the molecule is COC(=O)[C@](C)(N)[C@@H](C)O. The zero-order valence-electron chi connectivity index (χ0n) is 6.42. The van der Waals surface area contributed by atoms with Gasteiger partial charge >= 0.3 is 5.97 Å². The molecule has 4 heteroatoms. The van der Waals surface area contributed by atoms with Gasteiger partial charge in [-0.1, -0.05) is 0 Å². The van der Waals surface area contributed by atoms with Gasteiger partial charge in [0.25, 0.3) is 0 Å². The Bertz CT molecular complexity index is 131. The van der Waals surface area contributed by atoms with Crippen LogP contribution in [0.15, 0.2) is 0 Å². The predicted octanol–water partition coefficient (Wildman–Crippen LogP) is -0.742. The quantitative estimate of drug-likeness (QED) is 0.504. The van der Waals surface area contributed by atoms with Crippen molar-refractivity contribution in [3.8, 4) is 0 Å². The summed E-state index contributed by atoms with van der Waals surface area (Å²) in [4.78, 5) is 10.8. The number of methoxy groups -OCH3 is 1.